The van der Waals surface area contributed by atoms with E-state index in [0.717, 1.165) is 17.1 Å². The van der Waals surface area contributed by atoms with E-state index in [9.17, 15) is 9.59 Å². The molecular weight excluding hydrogens is 352 g/mol. The summed E-state index contributed by atoms with van der Waals surface area (Å²) in [7, 11) is 3.29. The molecule has 1 atom stereocenters. The molecule has 1 unspecified atom stereocenters. The van der Waals surface area contributed by atoms with Crippen molar-refractivity contribution in [2.45, 2.75) is 20.0 Å². The van der Waals surface area contributed by atoms with Gasteiger partial charge in [0.2, 0.25) is 6.10 Å². The molecule has 1 aromatic heterocycles. The van der Waals surface area contributed by atoms with Gasteiger partial charge in [0.15, 0.2) is 0 Å². The van der Waals surface area contributed by atoms with Crippen LogP contribution in [0.25, 0.3) is 5.69 Å². The molecule has 28 heavy (non-hydrogen) atoms. The molecule has 3 aromatic rings. The van der Waals surface area contributed by atoms with Crippen LogP contribution in [0.4, 0.5) is 0 Å². The van der Waals surface area contributed by atoms with Gasteiger partial charge in [-0.05, 0) is 32.0 Å². The van der Waals surface area contributed by atoms with Crippen LogP contribution < -0.4 is 0 Å². The highest BCUT2D eigenvalue weighted by molar-refractivity contribution is 5.94. The van der Waals surface area contributed by atoms with Crippen LogP contribution in [0.1, 0.15) is 33.4 Å². The number of benzene rings is 2. The molecule has 2 aromatic carbocycles. The summed E-state index contributed by atoms with van der Waals surface area (Å²) in [6, 6.07) is 20.7. The Morgan fingerprint density at radius 2 is 1.50 bits per heavy atom. The fourth-order valence-corrected chi connectivity index (χ4v) is 3.24. The predicted molar refractivity (Wildman–Crippen MR) is 109 cm³/mol. The first-order valence-corrected chi connectivity index (χ1v) is 9.11. The highest BCUT2D eigenvalue weighted by Crippen LogP contribution is 2.25. The van der Waals surface area contributed by atoms with Crippen LogP contribution in [0.15, 0.2) is 66.7 Å². The maximum Gasteiger partial charge on any atom is 0.341 e. The highest BCUT2D eigenvalue weighted by atomic mass is 16.5. The second kappa shape index (κ2) is 8.13. The zero-order valence-corrected chi connectivity index (χ0v) is 16.5. The normalized spacial score (nSPS) is 11.7. The van der Waals surface area contributed by atoms with E-state index in [1.54, 1.807) is 32.3 Å². The molecule has 5 heteroatoms. The van der Waals surface area contributed by atoms with E-state index in [1.165, 1.54) is 4.90 Å². The average molecular weight is 376 g/mol. The lowest BCUT2D eigenvalue weighted by molar-refractivity contribution is -0.138. The summed E-state index contributed by atoms with van der Waals surface area (Å²) in [5, 5.41) is 0. The standard InChI is InChI=1S/C23H24N2O3/c1-16-15-20(17(2)25(16)19-13-9-6-10-14-19)23(27)28-21(22(26)24(3)4)18-11-7-5-8-12-18/h5-15,21H,1-4H3. The molecule has 1 heterocycles. The van der Waals surface area contributed by atoms with E-state index in [1.807, 2.05) is 66.9 Å². The molecule has 0 aliphatic rings. The first-order chi connectivity index (χ1) is 13.4. The summed E-state index contributed by atoms with van der Waals surface area (Å²) in [4.78, 5) is 27.0. The minimum atomic E-state index is -0.983. The minimum Gasteiger partial charge on any atom is -0.444 e. The maximum absolute atomic E-state index is 13.0. The summed E-state index contributed by atoms with van der Waals surface area (Å²) in [6.45, 7) is 3.82. The molecule has 0 aliphatic heterocycles. The number of hydrogen-bond donors (Lipinski definition) is 0. The largest absolute Gasteiger partial charge is 0.444 e. The number of likely N-dealkylation sites (N-methyl/N-ethyl adjacent to an activating group) is 1. The third-order valence-corrected chi connectivity index (χ3v) is 4.66. The molecule has 144 valence electrons. The van der Waals surface area contributed by atoms with Crippen LogP contribution >= 0.6 is 0 Å². The number of nitrogens with zero attached hydrogens (tertiary/aromatic N) is 2. The number of esters is 1. The summed E-state index contributed by atoms with van der Waals surface area (Å²) >= 11 is 0. The Bertz CT molecular complexity index is 976. The zero-order valence-electron chi connectivity index (χ0n) is 16.5. The molecule has 5 nitrogen and oxygen atoms in total. The van der Waals surface area contributed by atoms with E-state index >= 15 is 0 Å². The van der Waals surface area contributed by atoms with Gasteiger partial charge in [0.25, 0.3) is 5.91 Å². The summed E-state index contributed by atoms with van der Waals surface area (Å²) in [6.07, 6.45) is -0.983. The predicted octanol–water partition coefficient (Wildman–Crippen LogP) is 4.08. The number of para-hydroxylation sites is 1. The number of carbonyl (C=O) groups is 2. The number of aromatic nitrogens is 1. The molecule has 0 spiro atoms. The molecule has 0 fully saturated rings. The van der Waals surface area contributed by atoms with E-state index in [-0.39, 0.29) is 5.91 Å². The lowest BCUT2D eigenvalue weighted by atomic mass is 10.1. The summed E-state index contributed by atoms with van der Waals surface area (Å²) in [5.74, 6) is -0.796. The monoisotopic (exact) mass is 376 g/mol. The van der Waals surface area contributed by atoms with Gasteiger partial charge in [0.1, 0.15) is 0 Å². The first kappa shape index (κ1) is 19.4. The SMILES string of the molecule is Cc1cc(C(=O)OC(C(=O)N(C)C)c2ccccc2)c(C)n1-c1ccccc1. The molecule has 3 rings (SSSR count). The number of hydrogen-bond acceptors (Lipinski definition) is 3. The molecule has 0 saturated carbocycles. The first-order valence-electron chi connectivity index (χ1n) is 9.11. The summed E-state index contributed by atoms with van der Waals surface area (Å²) < 4.78 is 7.69. The number of rotatable bonds is 5. The van der Waals surface area contributed by atoms with Crippen molar-refractivity contribution in [1.82, 2.24) is 9.47 Å². The Morgan fingerprint density at radius 3 is 2.07 bits per heavy atom. The van der Waals surface area contributed by atoms with Crippen molar-refractivity contribution in [2.24, 2.45) is 0 Å². The fourth-order valence-electron chi connectivity index (χ4n) is 3.24. The van der Waals surface area contributed by atoms with E-state index < -0.39 is 12.1 Å². The Balaban J connectivity index is 1.94. The van der Waals surface area contributed by atoms with Gasteiger partial charge < -0.3 is 14.2 Å². The lowest BCUT2D eigenvalue weighted by Crippen LogP contribution is -2.31. The molecule has 0 saturated heterocycles. The minimum absolute atomic E-state index is 0.281. The average Bonchev–Trinajstić information content (AvgIpc) is 3.01. The number of amides is 1. The molecule has 0 radical (unpaired) electrons. The van der Waals surface area contributed by atoms with Crippen LogP contribution in [-0.4, -0.2) is 35.4 Å². The number of ether oxygens (including phenoxy) is 1. The topological polar surface area (TPSA) is 51.5 Å². The van der Waals surface area contributed by atoms with Crippen LogP contribution in [0, 0.1) is 13.8 Å². The quantitative estimate of drug-likeness (QED) is 0.631. The molecule has 0 N–H and O–H groups in total. The third kappa shape index (κ3) is 3.83. The van der Waals surface area contributed by atoms with Gasteiger partial charge in [-0.3, -0.25) is 4.79 Å². The van der Waals surface area contributed by atoms with Gasteiger partial charge in [0, 0.05) is 36.7 Å². The highest BCUT2D eigenvalue weighted by Gasteiger charge is 2.28. The smallest absolute Gasteiger partial charge is 0.341 e. The second-order valence-electron chi connectivity index (χ2n) is 6.88. The van der Waals surface area contributed by atoms with Crippen LogP contribution in [0.5, 0.6) is 0 Å². The van der Waals surface area contributed by atoms with Crippen molar-refractivity contribution in [1.29, 1.82) is 0 Å². The fraction of sp³-hybridized carbons (Fsp3) is 0.217. The number of aryl methyl sites for hydroxylation is 1. The molecule has 0 aliphatic carbocycles. The van der Waals surface area contributed by atoms with Crippen molar-refractivity contribution >= 4 is 11.9 Å². The van der Waals surface area contributed by atoms with Crippen molar-refractivity contribution < 1.29 is 14.3 Å². The van der Waals surface area contributed by atoms with Gasteiger partial charge in [-0.1, -0.05) is 48.5 Å². The Morgan fingerprint density at radius 1 is 0.929 bits per heavy atom. The van der Waals surface area contributed by atoms with E-state index in [0.29, 0.717) is 11.1 Å². The molecule has 0 bridgehead atoms. The van der Waals surface area contributed by atoms with E-state index in [2.05, 4.69) is 0 Å². The van der Waals surface area contributed by atoms with Crippen LogP contribution in [-0.2, 0) is 9.53 Å². The Hall–Kier alpha value is -3.34. The lowest BCUT2D eigenvalue weighted by Gasteiger charge is -2.21. The van der Waals surface area contributed by atoms with Gasteiger partial charge in [-0.2, -0.15) is 0 Å². The zero-order chi connectivity index (χ0) is 20.3. The Labute approximate surface area is 165 Å². The summed E-state index contributed by atoms with van der Waals surface area (Å²) in [5.41, 5.74) is 3.77. The maximum atomic E-state index is 13.0. The van der Waals surface area contributed by atoms with Crippen molar-refractivity contribution in [3.05, 3.63) is 89.2 Å². The molecular formula is C23H24N2O3. The van der Waals surface area contributed by atoms with Gasteiger partial charge in [-0.25, -0.2) is 4.79 Å². The van der Waals surface area contributed by atoms with Crippen molar-refractivity contribution in [3.8, 4) is 5.69 Å². The van der Waals surface area contributed by atoms with Crippen molar-refractivity contribution in [2.75, 3.05) is 14.1 Å². The van der Waals surface area contributed by atoms with Crippen LogP contribution in [0.3, 0.4) is 0 Å². The van der Waals surface area contributed by atoms with Gasteiger partial charge in [-0.15, -0.1) is 0 Å². The van der Waals surface area contributed by atoms with Crippen molar-refractivity contribution in [3.63, 3.8) is 0 Å². The number of carbonyl (C=O) groups excluding carboxylic acids is 2. The second-order valence-corrected chi connectivity index (χ2v) is 6.88. The van der Waals surface area contributed by atoms with Crippen LogP contribution in [0.2, 0.25) is 0 Å². The van der Waals surface area contributed by atoms with Gasteiger partial charge in [0.05, 0.1) is 5.56 Å². The van der Waals surface area contributed by atoms with Gasteiger partial charge >= 0.3 is 5.97 Å². The third-order valence-electron chi connectivity index (χ3n) is 4.66. The molecule has 1 amide bonds. The Kier molecular flexibility index (Phi) is 5.64. The van der Waals surface area contributed by atoms with E-state index in [4.69, 9.17) is 4.74 Å².